The normalized spacial score (nSPS) is 11.1. The lowest BCUT2D eigenvalue weighted by molar-refractivity contribution is 0.586. The van der Waals surface area contributed by atoms with Crippen molar-refractivity contribution in [3.63, 3.8) is 0 Å². The standard InChI is InChI=1S/C13H7ClF2N2/c14-11-8(15)6-5-7(12(11)16)13-17-9-3-1-2-4-10(9)18-13/h1-6H,(H,17,18). The maximum absolute atomic E-state index is 13.8. The van der Waals surface area contributed by atoms with Crippen molar-refractivity contribution in [3.05, 3.63) is 53.1 Å². The zero-order chi connectivity index (χ0) is 12.7. The van der Waals surface area contributed by atoms with E-state index in [4.69, 9.17) is 11.6 Å². The van der Waals surface area contributed by atoms with Crippen LogP contribution < -0.4 is 0 Å². The van der Waals surface area contributed by atoms with Gasteiger partial charge in [0.25, 0.3) is 0 Å². The second-order valence-electron chi connectivity index (χ2n) is 3.83. The maximum atomic E-state index is 13.8. The number of nitrogens with one attached hydrogen (secondary N) is 1. The molecule has 0 amide bonds. The smallest absolute Gasteiger partial charge is 0.155 e. The molecular weight excluding hydrogens is 258 g/mol. The van der Waals surface area contributed by atoms with Crippen molar-refractivity contribution in [2.75, 3.05) is 0 Å². The minimum atomic E-state index is -0.810. The van der Waals surface area contributed by atoms with Gasteiger partial charge in [-0.05, 0) is 24.3 Å². The lowest BCUT2D eigenvalue weighted by Crippen LogP contribution is -1.90. The van der Waals surface area contributed by atoms with Crippen LogP contribution in [0.4, 0.5) is 8.78 Å². The van der Waals surface area contributed by atoms with Gasteiger partial charge in [-0.2, -0.15) is 0 Å². The van der Waals surface area contributed by atoms with Crippen molar-refractivity contribution >= 4 is 22.6 Å². The number of hydrogen-bond donors (Lipinski definition) is 1. The number of para-hydroxylation sites is 2. The Morgan fingerprint density at radius 2 is 1.83 bits per heavy atom. The summed E-state index contributed by atoms with van der Waals surface area (Å²) in [5, 5.41) is -0.520. The van der Waals surface area contributed by atoms with E-state index < -0.39 is 16.7 Å². The molecule has 0 bridgehead atoms. The first-order chi connectivity index (χ1) is 8.66. The number of H-pyrrole nitrogens is 1. The lowest BCUT2D eigenvalue weighted by atomic mass is 10.2. The molecular formula is C13H7ClF2N2. The molecule has 1 aromatic heterocycles. The molecule has 0 saturated heterocycles. The number of rotatable bonds is 1. The molecule has 0 unspecified atom stereocenters. The van der Waals surface area contributed by atoms with Gasteiger partial charge in [-0.3, -0.25) is 0 Å². The Morgan fingerprint density at radius 3 is 2.61 bits per heavy atom. The minimum absolute atomic E-state index is 0.151. The quantitative estimate of drug-likeness (QED) is 0.657. The molecule has 90 valence electrons. The van der Waals surface area contributed by atoms with Crippen LogP contribution in [0.5, 0.6) is 0 Å². The van der Waals surface area contributed by atoms with E-state index in [0.29, 0.717) is 11.3 Å². The van der Waals surface area contributed by atoms with Crippen molar-refractivity contribution < 1.29 is 8.78 Å². The van der Waals surface area contributed by atoms with Gasteiger partial charge in [-0.25, -0.2) is 13.8 Å². The second-order valence-corrected chi connectivity index (χ2v) is 4.20. The fourth-order valence-electron chi connectivity index (χ4n) is 1.79. The number of nitrogens with zero attached hydrogens (tertiary/aromatic N) is 1. The van der Waals surface area contributed by atoms with Gasteiger partial charge >= 0.3 is 0 Å². The molecule has 2 nitrogen and oxygen atoms in total. The van der Waals surface area contributed by atoms with Gasteiger partial charge in [0, 0.05) is 0 Å². The molecule has 0 atom stereocenters. The van der Waals surface area contributed by atoms with Crippen LogP contribution in [-0.2, 0) is 0 Å². The maximum Gasteiger partial charge on any atom is 0.155 e. The van der Waals surface area contributed by atoms with Crippen LogP contribution >= 0.6 is 11.6 Å². The Balaban J connectivity index is 2.23. The highest BCUT2D eigenvalue weighted by atomic mass is 35.5. The van der Waals surface area contributed by atoms with Gasteiger partial charge in [0.2, 0.25) is 0 Å². The average Bonchev–Trinajstić information content (AvgIpc) is 2.79. The Morgan fingerprint density at radius 1 is 1.06 bits per heavy atom. The third-order valence-corrected chi connectivity index (χ3v) is 3.03. The van der Waals surface area contributed by atoms with E-state index in [1.165, 1.54) is 6.07 Å². The van der Waals surface area contributed by atoms with Crippen molar-refractivity contribution in [2.45, 2.75) is 0 Å². The average molecular weight is 265 g/mol. The first kappa shape index (κ1) is 11.2. The van der Waals surface area contributed by atoms with E-state index in [1.807, 2.05) is 18.2 Å². The second kappa shape index (κ2) is 4.07. The third kappa shape index (κ3) is 1.66. The lowest BCUT2D eigenvalue weighted by Gasteiger charge is -2.01. The summed E-state index contributed by atoms with van der Waals surface area (Å²) >= 11 is 5.54. The van der Waals surface area contributed by atoms with Crippen LogP contribution in [0.3, 0.4) is 0 Å². The Hall–Kier alpha value is -1.94. The van der Waals surface area contributed by atoms with E-state index in [0.717, 1.165) is 11.6 Å². The molecule has 5 heteroatoms. The summed E-state index contributed by atoms with van der Waals surface area (Å²) in [7, 11) is 0. The number of aromatic amines is 1. The summed E-state index contributed by atoms with van der Waals surface area (Å²) in [4.78, 5) is 7.21. The highest BCUT2D eigenvalue weighted by Gasteiger charge is 2.15. The summed E-state index contributed by atoms with van der Waals surface area (Å²) in [6, 6.07) is 9.74. The summed E-state index contributed by atoms with van der Waals surface area (Å²) in [6.45, 7) is 0. The largest absolute Gasteiger partial charge is 0.338 e. The predicted molar refractivity (Wildman–Crippen MR) is 66.5 cm³/mol. The summed E-state index contributed by atoms with van der Waals surface area (Å²) in [5.74, 6) is -1.26. The SMILES string of the molecule is Fc1ccc(-c2nc3ccccc3[nH]2)c(F)c1Cl. The molecule has 0 spiro atoms. The monoisotopic (exact) mass is 264 g/mol. The summed E-state index contributed by atoms with van der Waals surface area (Å²) in [6.07, 6.45) is 0. The minimum Gasteiger partial charge on any atom is -0.338 e. The molecule has 1 N–H and O–H groups in total. The fourth-order valence-corrected chi connectivity index (χ4v) is 1.95. The molecule has 2 aromatic carbocycles. The summed E-state index contributed by atoms with van der Waals surface area (Å²) < 4.78 is 26.9. The molecule has 0 aliphatic carbocycles. The molecule has 0 saturated carbocycles. The zero-order valence-electron chi connectivity index (χ0n) is 9.05. The highest BCUT2D eigenvalue weighted by molar-refractivity contribution is 6.31. The molecule has 0 fully saturated rings. The first-order valence-electron chi connectivity index (χ1n) is 5.25. The number of fused-ring (bicyclic) bond motifs is 1. The van der Waals surface area contributed by atoms with Gasteiger partial charge in [-0.15, -0.1) is 0 Å². The fraction of sp³-hybridized carbons (Fsp3) is 0. The number of benzene rings is 2. The van der Waals surface area contributed by atoms with Gasteiger partial charge in [-0.1, -0.05) is 23.7 Å². The van der Waals surface area contributed by atoms with E-state index in [2.05, 4.69) is 9.97 Å². The predicted octanol–water partition coefficient (Wildman–Crippen LogP) is 4.16. The molecule has 3 aromatic rings. The molecule has 1 heterocycles. The molecule has 0 radical (unpaired) electrons. The molecule has 0 aliphatic rings. The van der Waals surface area contributed by atoms with Crippen molar-refractivity contribution in [2.24, 2.45) is 0 Å². The van der Waals surface area contributed by atoms with E-state index in [9.17, 15) is 8.78 Å². The van der Waals surface area contributed by atoms with Crippen LogP contribution in [0.2, 0.25) is 5.02 Å². The highest BCUT2D eigenvalue weighted by Crippen LogP contribution is 2.29. The molecule has 18 heavy (non-hydrogen) atoms. The number of imidazole rings is 1. The number of halogens is 3. The van der Waals surface area contributed by atoms with Crippen molar-refractivity contribution in [3.8, 4) is 11.4 Å². The summed E-state index contributed by atoms with van der Waals surface area (Å²) in [5.41, 5.74) is 1.65. The van der Waals surface area contributed by atoms with Crippen molar-refractivity contribution in [1.29, 1.82) is 0 Å². The number of aromatic nitrogens is 2. The topological polar surface area (TPSA) is 28.7 Å². The van der Waals surface area contributed by atoms with Crippen LogP contribution in [0.25, 0.3) is 22.4 Å². The molecule has 0 aliphatic heterocycles. The van der Waals surface area contributed by atoms with Gasteiger partial charge in [0.15, 0.2) is 5.82 Å². The van der Waals surface area contributed by atoms with Gasteiger partial charge in [0.05, 0.1) is 16.6 Å². The Bertz CT molecular complexity index is 704. The number of hydrogen-bond acceptors (Lipinski definition) is 1. The first-order valence-corrected chi connectivity index (χ1v) is 5.63. The Labute approximate surface area is 106 Å². The van der Waals surface area contributed by atoms with Gasteiger partial charge < -0.3 is 4.98 Å². The van der Waals surface area contributed by atoms with Crippen LogP contribution in [-0.4, -0.2) is 9.97 Å². The van der Waals surface area contributed by atoms with Gasteiger partial charge in [0.1, 0.15) is 16.7 Å². The van der Waals surface area contributed by atoms with Crippen LogP contribution in [0, 0.1) is 11.6 Å². The molecule has 3 rings (SSSR count). The van der Waals surface area contributed by atoms with E-state index in [-0.39, 0.29) is 5.56 Å². The zero-order valence-corrected chi connectivity index (χ0v) is 9.80. The van der Waals surface area contributed by atoms with Crippen molar-refractivity contribution in [1.82, 2.24) is 9.97 Å². The Kier molecular flexibility index (Phi) is 2.52. The van der Waals surface area contributed by atoms with E-state index >= 15 is 0 Å². The van der Waals surface area contributed by atoms with E-state index in [1.54, 1.807) is 6.07 Å². The van der Waals surface area contributed by atoms with Crippen LogP contribution in [0.15, 0.2) is 36.4 Å². The van der Waals surface area contributed by atoms with Crippen LogP contribution in [0.1, 0.15) is 0 Å². The third-order valence-electron chi connectivity index (χ3n) is 2.68.